The summed E-state index contributed by atoms with van der Waals surface area (Å²) in [7, 11) is 0. The first-order valence-electron chi connectivity index (χ1n) is 6.42. The third-order valence-corrected chi connectivity index (χ3v) is 3.18. The molecule has 0 aliphatic heterocycles. The van der Waals surface area contributed by atoms with Gasteiger partial charge >= 0.3 is 0 Å². The first-order chi connectivity index (χ1) is 10.1. The number of amides is 1. The molecule has 3 N–H and O–H groups in total. The molecule has 0 aliphatic rings. The number of rotatable bonds is 4. The van der Waals surface area contributed by atoms with Crippen LogP contribution in [0.5, 0.6) is 0 Å². The Labute approximate surface area is 119 Å². The van der Waals surface area contributed by atoms with Gasteiger partial charge < -0.3 is 19.8 Å². The van der Waals surface area contributed by atoms with Crippen molar-refractivity contribution in [2.24, 2.45) is 0 Å². The van der Waals surface area contributed by atoms with Gasteiger partial charge in [0.05, 0.1) is 12.8 Å². The van der Waals surface area contributed by atoms with Gasteiger partial charge in [-0.2, -0.15) is 0 Å². The number of benzene rings is 1. The molecule has 2 aromatic heterocycles. The molecule has 0 spiro atoms. The van der Waals surface area contributed by atoms with Gasteiger partial charge in [0.1, 0.15) is 23.4 Å². The summed E-state index contributed by atoms with van der Waals surface area (Å²) in [5.74, 6) is -0.437. The van der Waals surface area contributed by atoms with Crippen molar-refractivity contribution < 1.29 is 18.7 Å². The lowest BCUT2D eigenvalue weighted by Gasteiger charge is -2.08. The van der Waals surface area contributed by atoms with Crippen molar-refractivity contribution in [3.8, 4) is 0 Å². The molecule has 1 amide bonds. The number of aromatic nitrogens is 1. The number of aliphatic hydroxyl groups excluding tert-OH is 1. The molecule has 5 nitrogen and oxygen atoms in total. The second-order valence-corrected chi connectivity index (χ2v) is 4.63. The van der Waals surface area contributed by atoms with Crippen LogP contribution < -0.4 is 5.32 Å². The number of carbonyl (C=O) groups excluding carboxylic acids is 1. The Morgan fingerprint density at radius 3 is 2.95 bits per heavy atom. The number of hydrogen-bond acceptors (Lipinski definition) is 3. The second kappa shape index (κ2) is 5.41. The molecule has 1 unspecified atom stereocenters. The number of aliphatic hydroxyl groups is 1. The zero-order valence-corrected chi connectivity index (χ0v) is 11.0. The van der Waals surface area contributed by atoms with Gasteiger partial charge in [-0.25, -0.2) is 4.39 Å². The molecule has 3 rings (SSSR count). The summed E-state index contributed by atoms with van der Waals surface area (Å²) in [4.78, 5) is 14.8. The van der Waals surface area contributed by atoms with E-state index in [1.54, 1.807) is 24.3 Å². The van der Waals surface area contributed by atoms with Crippen LogP contribution >= 0.6 is 0 Å². The number of aromatic amines is 1. The highest BCUT2D eigenvalue weighted by Crippen LogP contribution is 2.18. The van der Waals surface area contributed by atoms with Gasteiger partial charge in [-0.15, -0.1) is 0 Å². The van der Waals surface area contributed by atoms with Gasteiger partial charge in [0, 0.05) is 10.9 Å². The maximum absolute atomic E-state index is 13.6. The van der Waals surface area contributed by atoms with Crippen molar-refractivity contribution in [2.75, 3.05) is 6.54 Å². The summed E-state index contributed by atoms with van der Waals surface area (Å²) in [5, 5.41) is 12.7. The third-order valence-electron chi connectivity index (χ3n) is 3.18. The normalized spacial score (nSPS) is 12.5. The van der Waals surface area contributed by atoms with Crippen LogP contribution in [0.15, 0.2) is 47.1 Å². The van der Waals surface area contributed by atoms with Gasteiger partial charge in [0.15, 0.2) is 0 Å². The first kappa shape index (κ1) is 13.4. The topological polar surface area (TPSA) is 78.3 Å². The maximum Gasteiger partial charge on any atom is 0.267 e. The SMILES string of the molecule is O=C(NCC(O)c1ccco1)c1cc2c(F)cccc2[nH]1. The molecule has 0 saturated heterocycles. The fourth-order valence-electron chi connectivity index (χ4n) is 2.11. The quantitative estimate of drug-likeness (QED) is 0.689. The molecule has 3 aromatic rings. The van der Waals surface area contributed by atoms with E-state index in [-0.39, 0.29) is 12.2 Å². The van der Waals surface area contributed by atoms with Crippen LogP contribution in [-0.2, 0) is 0 Å². The smallest absolute Gasteiger partial charge is 0.267 e. The van der Waals surface area contributed by atoms with Crippen molar-refractivity contribution in [1.82, 2.24) is 10.3 Å². The molecule has 6 heteroatoms. The van der Waals surface area contributed by atoms with Crippen molar-refractivity contribution in [3.05, 3.63) is 59.9 Å². The monoisotopic (exact) mass is 288 g/mol. The van der Waals surface area contributed by atoms with E-state index in [1.807, 2.05) is 0 Å². The lowest BCUT2D eigenvalue weighted by molar-refractivity contribution is 0.0897. The fourth-order valence-corrected chi connectivity index (χ4v) is 2.11. The van der Waals surface area contributed by atoms with Crippen LogP contribution in [0.3, 0.4) is 0 Å². The zero-order valence-electron chi connectivity index (χ0n) is 11.0. The summed E-state index contributed by atoms with van der Waals surface area (Å²) in [6, 6.07) is 9.30. The summed E-state index contributed by atoms with van der Waals surface area (Å²) >= 11 is 0. The predicted octanol–water partition coefficient (Wildman–Crippen LogP) is 2.36. The van der Waals surface area contributed by atoms with Crippen LogP contribution in [0.25, 0.3) is 10.9 Å². The highest BCUT2D eigenvalue weighted by atomic mass is 19.1. The van der Waals surface area contributed by atoms with Crippen LogP contribution in [0.4, 0.5) is 4.39 Å². The summed E-state index contributed by atoms with van der Waals surface area (Å²) < 4.78 is 18.6. The summed E-state index contributed by atoms with van der Waals surface area (Å²) in [6.45, 7) is 0.00416. The lowest BCUT2D eigenvalue weighted by Crippen LogP contribution is -2.28. The minimum atomic E-state index is -0.926. The molecular weight excluding hydrogens is 275 g/mol. The minimum Gasteiger partial charge on any atom is -0.467 e. The number of furan rings is 1. The van der Waals surface area contributed by atoms with Crippen LogP contribution in [-0.4, -0.2) is 22.5 Å². The van der Waals surface area contributed by atoms with Crippen molar-refractivity contribution in [3.63, 3.8) is 0 Å². The maximum atomic E-state index is 13.6. The molecule has 1 atom stereocenters. The molecule has 0 fully saturated rings. The number of hydrogen-bond donors (Lipinski definition) is 3. The van der Waals surface area contributed by atoms with Crippen LogP contribution in [0, 0.1) is 5.82 Å². The second-order valence-electron chi connectivity index (χ2n) is 4.63. The highest BCUT2D eigenvalue weighted by molar-refractivity contribution is 5.98. The van der Waals surface area contributed by atoms with Crippen LogP contribution in [0.1, 0.15) is 22.4 Å². The van der Waals surface area contributed by atoms with Gasteiger partial charge in [0.25, 0.3) is 5.91 Å². The molecule has 21 heavy (non-hydrogen) atoms. The number of fused-ring (bicyclic) bond motifs is 1. The Bertz CT molecular complexity index is 764. The highest BCUT2D eigenvalue weighted by Gasteiger charge is 2.15. The summed E-state index contributed by atoms with van der Waals surface area (Å²) in [6.07, 6.45) is 0.519. The molecule has 0 aliphatic carbocycles. The molecule has 2 heterocycles. The Balaban J connectivity index is 1.71. The van der Waals surface area contributed by atoms with Crippen molar-refractivity contribution >= 4 is 16.8 Å². The fraction of sp³-hybridized carbons (Fsp3) is 0.133. The molecular formula is C15H13FN2O3. The standard InChI is InChI=1S/C15H13FN2O3/c16-10-3-1-4-11-9(10)7-12(18-11)15(20)17-8-13(19)14-5-2-6-21-14/h1-7,13,18-19H,8H2,(H,17,20). The average molecular weight is 288 g/mol. The van der Waals surface area contributed by atoms with Crippen LogP contribution in [0.2, 0.25) is 0 Å². The Kier molecular flexibility index (Phi) is 3.45. The molecule has 0 bridgehead atoms. The molecule has 1 aromatic carbocycles. The van der Waals surface area contributed by atoms with E-state index in [2.05, 4.69) is 10.3 Å². The summed E-state index contributed by atoms with van der Waals surface area (Å²) in [5.41, 5.74) is 0.786. The van der Waals surface area contributed by atoms with E-state index >= 15 is 0 Å². The van der Waals surface area contributed by atoms with Gasteiger partial charge in [0.2, 0.25) is 0 Å². The van der Waals surface area contributed by atoms with Crippen molar-refractivity contribution in [2.45, 2.75) is 6.10 Å². The largest absolute Gasteiger partial charge is 0.467 e. The van der Waals surface area contributed by atoms with E-state index in [9.17, 15) is 14.3 Å². The third kappa shape index (κ3) is 2.66. The molecule has 0 radical (unpaired) electrons. The zero-order chi connectivity index (χ0) is 14.8. The number of H-pyrrole nitrogens is 1. The van der Waals surface area contributed by atoms with E-state index in [1.165, 1.54) is 18.4 Å². The number of halogens is 1. The van der Waals surface area contributed by atoms with Gasteiger partial charge in [-0.05, 0) is 30.3 Å². The first-order valence-corrected chi connectivity index (χ1v) is 6.42. The predicted molar refractivity (Wildman–Crippen MR) is 74.3 cm³/mol. The minimum absolute atomic E-state index is 0.00416. The average Bonchev–Trinajstić information content (AvgIpc) is 3.13. The number of nitrogens with one attached hydrogen (secondary N) is 2. The lowest BCUT2D eigenvalue weighted by atomic mass is 10.2. The van der Waals surface area contributed by atoms with Gasteiger partial charge in [-0.3, -0.25) is 4.79 Å². The van der Waals surface area contributed by atoms with E-state index in [0.717, 1.165) is 0 Å². The Morgan fingerprint density at radius 1 is 1.38 bits per heavy atom. The molecule has 108 valence electrons. The number of carbonyl (C=O) groups is 1. The Hall–Kier alpha value is -2.60. The van der Waals surface area contributed by atoms with Crippen molar-refractivity contribution in [1.29, 1.82) is 0 Å². The van der Waals surface area contributed by atoms with E-state index in [4.69, 9.17) is 4.42 Å². The van der Waals surface area contributed by atoms with E-state index in [0.29, 0.717) is 16.7 Å². The Morgan fingerprint density at radius 2 is 2.24 bits per heavy atom. The molecule has 0 saturated carbocycles. The van der Waals surface area contributed by atoms with E-state index < -0.39 is 17.8 Å². The van der Waals surface area contributed by atoms with Gasteiger partial charge in [-0.1, -0.05) is 6.07 Å².